The van der Waals surface area contributed by atoms with Gasteiger partial charge in [0.25, 0.3) is 0 Å². The highest BCUT2D eigenvalue weighted by Gasteiger charge is 2.08. The zero-order valence-electron chi connectivity index (χ0n) is 9.38. The molecule has 1 heterocycles. The van der Waals surface area contributed by atoms with Crippen LogP contribution >= 0.6 is 0 Å². The number of rotatable bonds is 5. The molecule has 0 aliphatic heterocycles. The fourth-order valence-electron chi connectivity index (χ4n) is 1.60. The van der Waals surface area contributed by atoms with Crippen molar-refractivity contribution >= 4 is 0 Å². The maximum Gasteiger partial charge on any atom is 0.0602 e. The van der Waals surface area contributed by atoms with Crippen LogP contribution in [-0.2, 0) is 6.42 Å². The van der Waals surface area contributed by atoms with Gasteiger partial charge in [0, 0.05) is 12.2 Å². The van der Waals surface area contributed by atoms with Gasteiger partial charge in [0.2, 0.25) is 0 Å². The van der Waals surface area contributed by atoms with Gasteiger partial charge < -0.3 is 5.32 Å². The van der Waals surface area contributed by atoms with Crippen molar-refractivity contribution < 1.29 is 0 Å². The van der Waals surface area contributed by atoms with Crippen LogP contribution in [0.2, 0.25) is 0 Å². The monoisotopic (exact) mass is 192 g/mol. The summed E-state index contributed by atoms with van der Waals surface area (Å²) in [5.41, 5.74) is 2.55. The quantitative estimate of drug-likeness (QED) is 0.776. The van der Waals surface area contributed by atoms with Crippen molar-refractivity contribution in [1.82, 2.24) is 10.3 Å². The number of nitrogens with one attached hydrogen (secondary N) is 1. The minimum atomic E-state index is 0.367. The molecule has 1 aromatic rings. The molecule has 1 N–H and O–H groups in total. The Morgan fingerprint density at radius 2 is 2.21 bits per heavy atom. The average Bonchev–Trinajstić information content (AvgIpc) is 2.25. The molecule has 1 aromatic heterocycles. The molecule has 0 aromatic carbocycles. The van der Waals surface area contributed by atoms with Crippen LogP contribution in [0.1, 0.15) is 44.5 Å². The summed E-state index contributed by atoms with van der Waals surface area (Å²) in [5.74, 6) is 0. The third-order valence-corrected chi connectivity index (χ3v) is 2.42. The number of aromatic nitrogens is 1. The van der Waals surface area contributed by atoms with E-state index in [0.29, 0.717) is 6.04 Å². The first-order valence-corrected chi connectivity index (χ1v) is 5.46. The maximum absolute atomic E-state index is 4.44. The van der Waals surface area contributed by atoms with Crippen molar-refractivity contribution in [3.8, 4) is 0 Å². The molecule has 0 bridgehead atoms. The average molecular weight is 192 g/mol. The standard InChI is InChI=1S/C12H20N2/c1-4-8-13-10(3)12-11(5-2)7-6-9-14-12/h6-7,9-10,13H,4-5,8H2,1-3H3. The molecule has 0 aliphatic carbocycles. The molecular formula is C12H20N2. The SMILES string of the molecule is CCCNC(C)c1ncccc1CC. The van der Waals surface area contributed by atoms with Crippen molar-refractivity contribution in [2.75, 3.05) is 6.54 Å². The lowest BCUT2D eigenvalue weighted by atomic mass is 10.1. The maximum atomic E-state index is 4.44. The van der Waals surface area contributed by atoms with Crippen LogP contribution in [0.5, 0.6) is 0 Å². The highest BCUT2D eigenvalue weighted by atomic mass is 14.9. The van der Waals surface area contributed by atoms with E-state index >= 15 is 0 Å². The van der Waals surface area contributed by atoms with E-state index in [-0.39, 0.29) is 0 Å². The molecule has 0 aliphatic rings. The predicted octanol–water partition coefficient (Wildman–Crippen LogP) is 2.70. The van der Waals surface area contributed by atoms with Gasteiger partial charge in [-0.1, -0.05) is 19.9 Å². The second-order valence-corrected chi connectivity index (χ2v) is 3.58. The molecule has 78 valence electrons. The molecule has 1 atom stereocenters. The number of hydrogen-bond acceptors (Lipinski definition) is 2. The first-order chi connectivity index (χ1) is 6.79. The summed E-state index contributed by atoms with van der Waals surface area (Å²) in [6, 6.07) is 4.53. The minimum absolute atomic E-state index is 0.367. The fourth-order valence-corrected chi connectivity index (χ4v) is 1.60. The molecule has 0 spiro atoms. The summed E-state index contributed by atoms with van der Waals surface area (Å²) in [7, 11) is 0. The first-order valence-electron chi connectivity index (χ1n) is 5.46. The molecule has 0 radical (unpaired) electrons. The number of aryl methyl sites for hydroxylation is 1. The molecule has 1 unspecified atom stereocenters. The minimum Gasteiger partial charge on any atom is -0.309 e. The number of nitrogens with zero attached hydrogens (tertiary/aromatic N) is 1. The molecule has 2 nitrogen and oxygen atoms in total. The lowest BCUT2D eigenvalue weighted by molar-refractivity contribution is 0.554. The second-order valence-electron chi connectivity index (χ2n) is 3.58. The summed E-state index contributed by atoms with van der Waals surface area (Å²) in [4.78, 5) is 4.44. The van der Waals surface area contributed by atoms with Gasteiger partial charge in [0.1, 0.15) is 0 Å². The summed E-state index contributed by atoms with van der Waals surface area (Å²) < 4.78 is 0. The van der Waals surface area contributed by atoms with Gasteiger partial charge in [-0.15, -0.1) is 0 Å². The molecular weight excluding hydrogens is 172 g/mol. The van der Waals surface area contributed by atoms with Crippen LogP contribution in [0.15, 0.2) is 18.3 Å². The smallest absolute Gasteiger partial charge is 0.0602 e. The molecule has 14 heavy (non-hydrogen) atoms. The Morgan fingerprint density at radius 3 is 2.86 bits per heavy atom. The topological polar surface area (TPSA) is 24.9 Å². The molecule has 2 heteroatoms. The highest BCUT2D eigenvalue weighted by molar-refractivity contribution is 5.22. The van der Waals surface area contributed by atoms with Crippen molar-refractivity contribution in [1.29, 1.82) is 0 Å². The van der Waals surface area contributed by atoms with Crippen LogP contribution < -0.4 is 5.32 Å². The Labute approximate surface area is 86.8 Å². The van der Waals surface area contributed by atoms with Crippen LogP contribution in [0, 0.1) is 0 Å². The van der Waals surface area contributed by atoms with E-state index in [1.165, 1.54) is 17.7 Å². The van der Waals surface area contributed by atoms with Crippen LogP contribution in [-0.4, -0.2) is 11.5 Å². The fraction of sp³-hybridized carbons (Fsp3) is 0.583. The van der Waals surface area contributed by atoms with Gasteiger partial charge in [-0.05, 0) is 37.9 Å². The van der Waals surface area contributed by atoms with E-state index in [0.717, 1.165) is 13.0 Å². The molecule has 1 rings (SSSR count). The summed E-state index contributed by atoms with van der Waals surface area (Å²) >= 11 is 0. The Bertz CT molecular complexity index is 271. The van der Waals surface area contributed by atoms with Crippen molar-refractivity contribution in [3.63, 3.8) is 0 Å². The molecule has 0 fully saturated rings. The number of pyridine rings is 1. The predicted molar refractivity (Wildman–Crippen MR) is 60.3 cm³/mol. The lowest BCUT2D eigenvalue weighted by Gasteiger charge is -2.15. The zero-order valence-corrected chi connectivity index (χ0v) is 9.38. The number of hydrogen-bond donors (Lipinski definition) is 1. The Hall–Kier alpha value is -0.890. The zero-order chi connectivity index (χ0) is 10.4. The van der Waals surface area contributed by atoms with Gasteiger partial charge in [0.05, 0.1) is 5.69 Å². The van der Waals surface area contributed by atoms with Crippen LogP contribution in [0.25, 0.3) is 0 Å². The molecule has 0 saturated carbocycles. The van der Waals surface area contributed by atoms with Gasteiger partial charge in [-0.25, -0.2) is 0 Å². The first kappa shape index (κ1) is 11.2. The lowest BCUT2D eigenvalue weighted by Crippen LogP contribution is -2.21. The third kappa shape index (κ3) is 2.81. The Morgan fingerprint density at radius 1 is 1.43 bits per heavy atom. The van der Waals surface area contributed by atoms with E-state index in [4.69, 9.17) is 0 Å². The van der Waals surface area contributed by atoms with Crippen molar-refractivity contribution in [3.05, 3.63) is 29.6 Å². The second kappa shape index (κ2) is 5.76. The van der Waals surface area contributed by atoms with Crippen molar-refractivity contribution in [2.24, 2.45) is 0 Å². The van der Waals surface area contributed by atoms with Crippen LogP contribution in [0.4, 0.5) is 0 Å². The van der Waals surface area contributed by atoms with E-state index in [1.54, 1.807) is 0 Å². The van der Waals surface area contributed by atoms with Crippen molar-refractivity contribution in [2.45, 2.75) is 39.7 Å². The normalized spacial score (nSPS) is 12.8. The van der Waals surface area contributed by atoms with E-state index in [2.05, 4.69) is 37.1 Å². The van der Waals surface area contributed by atoms with E-state index in [9.17, 15) is 0 Å². The van der Waals surface area contributed by atoms with Gasteiger partial charge in [-0.2, -0.15) is 0 Å². The third-order valence-electron chi connectivity index (χ3n) is 2.42. The summed E-state index contributed by atoms with van der Waals surface area (Å²) in [5, 5.41) is 3.46. The molecule has 0 amide bonds. The van der Waals surface area contributed by atoms with Gasteiger partial charge in [0.15, 0.2) is 0 Å². The Kier molecular flexibility index (Phi) is 4.60. The summed E-state index contributed by atoms with van der Waals surface area (Å²) in [6.45, 7) is 7.59. The van der Waals surface area contributed by atoms with E-state index < -0.39 is 0 Å². The largest absolute Gasteiger partial charge is 0.309 e. The molecule has 0 saturated heterocycles. The highest BCUT2D eigenvalue weighted by Crippen LogP contribution is 2.14. The van der Waals surface area contributed by atoms with E-state index in [1.807, 2.05) is 12.3 Å². The summed E-state index contributed by atoms with van der Waals surface area (Å²) in [6.07, 6.45) is 4.10. The van der Waals surface area contributed by atoms with Crippen LogP contribution in [0.3, 0.4) is 0 Å². The van der Waals surface area contributed by atoms with Gasteiger partial charge in [-0.3, -0.25) is 4.98 Å². The Balaban J connectivity index is 2.72. The van der Waals surface area contributed by atoms with Gasteiger partial charge >= 0.3 is 0 Å².